The summed E-state index contributed by atoms with van der Waals surface area (Å²) in [7, 11) is 0. The molecule has 0 atom stereocenters. The van der Waals surface area contributed by atoms with E-state index in [0.29, 0.717) is 50.3 Å². The van der Waals surface area contributed by atoms with Crippen molar-refractivity contribution in [2.24, 2.45) is 5.92 Å². The zero-order valence-corrected chi connectivity index (χ0v) is 28.2. The lowest BCUT2D eigenvalue weighted by molar-refractivity contribution is 0.0547. The highest BCUT2D eigenvalue weighted by Crippen LogP contribution is 2.36. The smallest absolute Gasteiger partial charge is 0.335 e. The van der Waals surface area contributed by atoms with Gasteiger partial charge < -0.3 is 19.8 Å². The highest BCUT2D eigenvalue weighted by molar-refractivity contribution is 5.92. The van der Waals surface area contributed by atoms with E-state index in [1.54, 1.807) is 12.2 Å². The van der Waals surface area contributed by atoms with E-state index in [9.17, 15) is 51.4 Å². The number of aromatic carboxylic acids is 2. The molecule has 0 amide bonds. The molecule has 0 bridgehead atoms. The van der Waals surface area contributed by atoms with Gasteiger partial charge in [0.25, 0.3) is 0 Å². The zero-order chi connectivity index (χ0) is 38.3. The van der Waals surface area contributed by atoms with E-state index in [1.165, 1.54) is 60.7 Å². The topological polar surface area (TPSA) is 230 Å². The second-order valence-corrected chi connectivity index (χ2v) is 11.4. The van der Waals surface area contributed by atoms with Crippen LogP contribution < -0.4 is 0 Å². The standard InChI is InChI=1S/C41H29N7O5/c42-21-33(37(35(23-44)24-45)27-7-13-31(14-8-27)40(49)50)5-1-3-29-11-12-30(39(29)48-17-19-53-20-18-48)4-2-6-34(22-43)38(36(25-46)26-47)28-9-15-32(16-10-28)41(51)52/h1-10,13-16,35H,11-12,17-20H2,(H,49,50)(H,51,52)/b4-2+,5-1+,29-3+,34-6+,37-33+. The second-order valence-electron chi connectivity index (χ2n) is 11.4. The van der Waals surface area contributed by atoms with Gasteiger partial charge in [-0.3, -0.25) is 0 Å². The minimum atomic E-state index is -1.28. The molecule has 2 aliphatic rings. The summed E-state index contributed by atoms with van der Waals surface area (Å²) in [5.41, 5.74) is 3.60. The van der Waals surface area contributed by atoms with E-state index in [0.717, 1.165) is 16.8 Å². The van der Waals surface area contributed by atoms with Crippen LogP contribution in [0.3, 0.4) is 0 Å². The quantitative estimate of drug-likeness (QED) is 0.192. The molecule has 4 rings (SSSR count). The van der Waals surface area contributed by atoms with E-state index >= 15 is 0 Å². The number of nitrogens with zero attached hydrogens (tertiary/aromatic N) is 7. The summed E-state index contributed by atoms with van der Waals surface area (Å²) in [5.74, 6) is -3.57. The van der Waals surface area contributed by atoms with Crippen molar-refractivity contribution in [2.45, 2.75) is 12.8 Å². The maximum atomic E-state index is 11.3. The Balaban J connectivity index is 1.76. The number of morpholine rings is 1. The Hall–Kier alpha value is -7.74. The van der Waals surface area contributed by atoms with Crippen molar-refractivity contribution in [3.63, 3.8) is 0 Å². The summed E-state index contributed by atoms with van der Waals surface area (Å²) in [4.78, 5) is 24.9. The number of ether oxygens (including phenoxy) is 1. The van der Waals surface area contributed by atoms with Gasteiger partial charge in [-0.2, -0.15) is 31.6 Å². The lowest BCUT2D eigenvalue weighted by atomic mass is 9.89. The fourth-order valence-electron chi connectivity index (χ4n) is 5.89. The number of benzene rings is 2. The van der Waals surface area contributed by atoms with E-state index in [4.69, 9.17) is 4.74 Å². The molecular formula is C41H29N7O5. The number of hydrogen-bond donors (Lipinski definition) is 2. The van der Waals surface area contributed by atoms with Gasteiger partial charge in [-0.25, -0.2) is 9.59 Å². The first-order chi connectivity index (χ1) is 25.7. The number of allylic oxidation sites excluding steroid dienone is 13. The van der Waals surface area contributed by atoms with Crippen LogP contribution in [0, 0.1) is 73.9 Å². The minimum absolute atomic E-state index is 0.00887. The van der Waals surface area contributed by atoms with Crippen LogP contribution in [0.2, 0.25) is 0 Å². The third-order valence-electron chi connectivity index (χ3n) is 8.40. The van der Waals surface area contributed by atoms with Crippen LogP contribution in [-0.2, 0) is 4.74 Å². The molecule has 0 saturated carbocycles. The number of carboxylic acid groups (broad SMARTS) is 2. The van der Waals surface area contributed by atoms with Gasteiger partial charge in [0.1, 0.15) is 17.7 Å². The summed E-state index contributed by atoms with van der Waals surface area (Å²) < 4.78 is 5.57. The van der Waals surface area contributed by atoms with Crippen molar-refractivity contribution >= 4 is 23.1 Å². The van der Waals surface area contributed by atoms with Gasteiger partial charge in [-0.15, -0.1) is 0 Å². The molecule has 2 aromatic carbocycles. The van der Waals surface area contributed by atoms with Crippen LogP contribution in [0.25, 0.3) is 11.1 Å². The first-order valence-corrected chi connectivity index (χ1v) is 16.1. The van der Waals surface area contributed by atoms with Gasteiger partial charge in [0, 0.05) is 29.9 Å². The number of carboxylic acids is 2. The highest BCUT2D eigenvalue weighted by Gasteiger charge is 2.25. The van der Waals surface area contributed by atoms with Crippen LogP contribution in [0.15, 0.2) is 119 Å². The summed E-state index contributed by atoms with van der Waals surface area (Å²) in [6, 6.07) is 22.7. The van der Waals surface area contributed by atoms with Crippen LogP contribution >= 0.6 is 0 Å². The third-order valence-corrected chi connectivity index (χ3v) is 8.40. The Labute approximate surface area is 305 Å². The Kier molecular flexibility index (Phi) is 13.2. The van der Waals surface area contributed by atoms with Crippen molar-refractivity contribution in [3.8, 4) is 36.4 Å². The molecule has 0 aromatic heterocycles. The molecule has 2 N–H and O–H groups in total. The predicted molar refractivity (Wildman–Crippen MR) is 191 cm³/mol. The number of nitriles is 6. The Morgan fingerprint density at radius 3 is 1.81 bits per heavy atom. The zero-order valence-electron chi connectivity index (χ0n) is 28.2. The van der Waals surface area contributed by atoms with Gasteiger partial charge in [-0.1, -0.05) is 48.6 Å². The van der Waals surface area contributed by atoms with Gasteiger partial charge in [0.05, 0.1) is 59.8 Å². The number of carbonyl (C=O) groups is 2. The molecule has 1 saturated heterocycles. The Morgan fingerprint density at radius 2 is 1.30 bits per heavy atom. The Morgan fingerprint density at radius 1 is 0.736 bits per heavy atom. The van der Waals surface area contributed by atoms with Crippen LogP contribution in [0.5, 0.6) is 0 Å². The van der Waals surface area contributed by atoms with Crippen molar-refractivity contribution in [1.82, 2.24) is 4.90 Å². The van der Waals surface area contributed by atoms with Crippen molar-refractivity contribution in [3.05, 3.63) is 141 Å². The second kappa shape index (κ2) is 18.3. The summed E-state index contributed by atoms with van der Waals surface area (Å²) >= 11 is 0. The SMILES string of the molecule is N#CC(C#N)=C(/C(C#N)=C/C=C/C1=C(N2CCOCC2)C(=C/C=C/C(C#N)=C(/c2ccc(C(=O)O)cc2)C(C#N)C#N)/CC1)c1ccc(C(=O)O)cc1. The number of rotatable bonds is 11. The molecule has 1 aliphatic carbocycles. The lowest BCUT2D eigenvalue weighted by Crippen LogP contribution is -2.36. The van der Waals surface area contributed by atoms with E-state index in [2.05, 4.69) is 17.0 Å². The van der Waals surface area contributed by atoms with E-state index in [1.807, 2.05) is 36.4 Å². The average molecular weight is 700 g/mol. The lowest BCUT2D eigenvalue weighted by Gasteiger charge is -2.31. The van der Waals surface area contributed by atoms with Crippen LogP contribution in [-0.4, -0.2) is 53.4 Å². The molecule has 0 unspecified atom stereocenters. The molecule has 1 fully saturated rings. The summed E-state index contributed by atoms with van der Waals surface area (Å²) in [6.45, 7) is 2.26. The van der Waals surface area contributed by atoms with Crippen LogP contribution in [0.1, 0.15) is 44.7 Å². The van der Waals surface area contributed by atoms with Crippen LogP contribution in [0.4, 0.5) is 0 Å². The molecule has 258 valence electrons. The normalized spacial score (nSPS) is 15.6. The maximum absolute atomic E-state index is 11.3. The largest absolute Gasteiger partial charge is 0.478 e. The molecule has 0 spiro atoms. The van der Waals surface area contributed by atoms with Gasteiger partial charge >= 0.3 is 11.9 Å². The molecule has 0 radical (unpaired) electrons. The Bertz CT molecular complexity index is 2250. The van der Waals surface area contributed by atoms with Crippen molar-refractivity contribution in [2.75, 3.05) is 26.3 Å². The average Bonchev–Trinajstić information content (AvgIpc) is 3.59. The molecule has 1 heterocycles. The summed E-state index contributed by atoms with van der Waals surface area (Å²) in [6.07, 6.45) is 11.3. The molecule has 1 aliphatic heterocycles. The van der Waals surface area contributed by atoms with Gasteiger partial charge in [0.15, 0.2) is 5.92 Å². The molecule has 12 heteroatoms. The van der Waals surface area contributed by atoms with E-state index < -0.39 is 17.9 Å². The first-order valence-electron chi connectivity index (χ1n) is 16.1. The third kappa shape index (κ3) is 9.09. The molecule has 2 aromatic rings. The minimum Gasteiger partial charge on any atom is -0.478 e. The monoisotopic (exact) mass is 699 g/mol. The fraction of sp³-hybridized carbons (Fsp3) is 0.171. The summed E-state index contributed by atoms with van der Waals surface area (Å²) in [5, 5.41) is 77.4. The van der Waals surface area contributed by atoms with Crippen molar-refractivity contribution < 1.29 is 24.5 Å². The predicted octanol–water partition coefficient (Wildman–Crippen LogP) is 6.39. The maximum Gasteiger partial charge on any atom is 0.335 e. The van der Waals surface area contributed by atoms with Gasteiger partial charge in [0.2, 0.25) is 0 Å². The first kappa shape index (κ1) is 38.1. The molecular weight excluding hydrogens is 670 g/mol. The molecule has 53 heavy (non-hydrogen) atoms. The number of hydrogen-bond acceptors (Lipinski definition) is 10. The fourth-order valence-corrected chi connectivity index (χ4v) is 5.89. The highest BCUT2D eigenvalue weighted by atomic mass is 16.5. The van der Waals surface area contributed by atoms with E-state index in [-0.39, 0.29) is 39.0 Å². The van der Waals surface area contributed by atoms with Crippen molar-refractivity contribution in [1.29, 1.82) is 31.6 Å². The molecule has 12 nitrogen and oxygen atoms in total. The van der Waals surface area contributed by atoms with Gasteiger partial charge in [-0.05, 0) is 71.5 Å².